The minimum Gasteiger partial charge on any atom is -0.465 e. The highest BCUT2D eigenvalue weighted by atomic mass is 19.4. The first kappa shape index (κ1) is 26.0. The van der Waals surface area contributed by atoms with E-state index < -0.39 is 29.8 Å². The Hall–Kier alpha value is -3.60. The molecule has 1 saturated heterocycles. The maximum Gasteiger partial charge on any atom is 0.426 e. The Morgan fingerprint density at radius 3 is 2.55 bits per heavy atom. The lowest BCUT2D eigenvalue weighted by molar-refractivity contribution is -0.250. The van der Waals surface area contributed by atoms with Crippen molar-refractivity contribution < 1.29 is 33.0 Å². The number of pyridine rings is 1. The first-order valence-electron chi connectivity index (χ1n) is 12.5. The van der Waals surface area contributed by atoms with Gasteiger partial charge in [-0.1, -0.05) is 6.07 Å². The Morgan fingerprint density at radius 2 is 1.87 bits per heavy atom. The van der Waals surface area contributed by atoms with Gasteiger partial charge in [-0.05, 0) is 80.0 Å². The maximum atomic E-state index is 13.4. The fraction of sp³-hybridized carbons (Fsp3) is 0.444. The standard InChI is InChI=1S/C27H29F3N4O4/c1-14-15(2)32-23-19(14)11-18(12-31-23)17-9-16-6-8-33(24(35)26(3,38)27(28,29)30)13-21(16)20(10-17)22-5-4-7-34(22)25(36)37/h9-12,22,38H,4-8,13H2,1-3H3,(H,31,32)(H,36,37)/t22-,26?/m0/s1. The number of amides is 2. The third kappa shape index (κ3) is 4.18. The Kier molecular flexibility index (Phi) is 6.17. The van der Waals surface area contributed by atoms with Crippen molar-refractivity contribution in [3.63, 3.8) is 0 Å². The van der Waals surface area contributed by atoms with Gasteiger partial charge >= 0.3 is 12.3 Å². The molecule has 11 heteroatoms. The van der Waals surface area contributed by atoms with E-state index in [0.717, 1.165) is 43.9 Å². The molecule has 0 radical (unpaired) electrons. The molecule has 5 rings (SSSR count). The van der Waals surface area contributed by atoms with Gasteiger partial charge in [-0.25, -0.2) is 9.78 Å². The number of aromatic amines is 1. The second-order valence-corrected chi connectivity index (χ2v) is 10.4. The van der Waals surface area contributed by atoms with Gasteiger partial charge in [-0.3, -0.25) is 4.79 Å². The molecule has 2 aliphatic rings. The van der Waals surface area contributed by atoms with E-state index in [2.05, 4.69) is 9.97 Å². The number of likely N-dealkylation sites (tertiary alicyclic amines) is 1. The molecular formula is C27H29F3N4O4. The number of H-pyrrole nitrogens is 1. The lowest BCUT2D eigenvalue weighted by atomic mass is 9.86. The summed E-state index contributed by atoms with van der Waals surface area (Å²) < 4.78 is 40.2. The summed E-state index contributed by atoms with van der Waals surface area (Å²) in [7, 11) is 0. The van der Waals surface area contributed by atoms with Crippen LogP contribution in [0.4, 0.5) is 18.0 Å². The van der Waals surface area contributed by atoms with Crippen LogP contribution in [0.5, 0.6) is 0 Å². The van der Waals surface area contributed by atoms with Crippen LogP contribution in [0.2, 0.25) is 0 Å². The summed E-state index contributed by atoms with van der Waals surface area (Å²) >= 11 is 0. The average molecular weight is 531 g/mol. The first-order valence-corrected chi connectivity index (χ1v) is 12.5. The van der Waals surface area contributed by atoms with Crippen molar-refractivity contribution >= 4 is 23.0 Å². The molecule has 0 aliphatic carbocycles. The number of carbonyl (C=O) groups is 2. The quantitative estimate of drug-likeness (QED) is 0.448. The smallest absolute Gasteiger partial charge is 0.426 e. The van der Waals surface area contributed by atoms with Gasteiger partial charge in [0, 0.05) is 42.5 Å². The highest BCUT2D eigenvalue weighted by Crippen LogP contribution is 2.41. The minimum absolute atomic E-state index is 0.00165. The van der Waals surface area contributed by atoms with Crippen molar-refractivity contribution in [1.29, 1.82) is 0 Å². The monoisotopic (exact) mass is 530 g/mol. The molecule has 3 aromatic rings. The number of alkyl halides is 3. The SMILES string of the molecule is Cc1[nH]c2ncc(-c3cc4c(c([C@@H]5CCCN5C(=O)O)c3)CN(C(=O)C(C)(O)C(F)(F)F)CC4)cc2c1C. The zero-order valence-electron chi connectivity index (χ0n) is 21.3. The number of hydrogen-bond donors (Lipinski definition) is 3. The number of benzene rings is 1. The van der Waals surface area contributed by atoms with Crippen molar-refractivity contribution in [2.24, 2.45) is 0 Å². The highest BCUT2D eigenvalue weighted by molar-refractivity contribution is 5.87. The van der Waals surface area contributed by atoms with E-state index in [1.807, 2.05) is 32.0 Å². The molecule has 2 amide bonds. The molecule has 1 aromatic carbocycles. The van der Waals surface area contributed by atoms with E-state index in [0.29, 0.717) is 37.4 Å². The van der Waals surface area contributed by atoms with Gasteiger partial charge in [0.2, 0.25) is 5.60 Å². The molecule has 4 heterocycles. The van der Waals surface area contributed by atoms with Crippen molar-refractivity contribution in [1.82, 2.24) is 19.8 Å². The number of fused-ring (bicyclic) bond motifs is 2. The van der Waals surface area contributed by atoms with E-state index in [-0.39, 0.29) is 19.5 Å². The Morgan fingerprint density at radius 1 is 1.13 bits per heavy atom. The minimum atomic E-state index is -5.12. The van der Waals surface area contributed by atoms with Crippen LogP contribution in [0, 0.1) is 13.8 Å². The molecule has 1 unspecified atom stereocenters. The number of aliphatic hydroxyl groups is 1. The molecule has 2 aliphatic heterocycles. The summed E-state index contributed by atoms with van der Waals surface area (Å²) in [6, 6.07) is 5.35. The first-order chi connectivity index (χ1) is 17.8. The van der Waals surface area contributed by atoms with E-state index in [1.54, 1.807) is 6.20 Å². The summed E-state index contributed by atoms with van der Waals surface area (Å²) in [5, 5.41) is 20.8. The molecule has 38 heavy (non-hydrogen) atoms. The molecule has 8 nitrogen and oxygen atoms in total. The number of carbonyl (C=O) groups excluding carboxylic acids is 1. The molecule has 3 N–H and O–H groups in total. The van der Waals surface area contributed by atoms with Gasteiger partial charge in [0.15, 0.2) is 0 Å². The number of aryl methyl sites for hydroxylation is 2. The summed E-state index contributed by atoms with van der Waals surface area (Å²) in [4.78, 5) is 34.9. The predicted molar refractivity (Wildman–Crippen MR) is 134 cm³/mol. The van der Waals surface area contributed by atoms with Crippen LogP contribution in [0.25, 0.3) is 22.2 Å². The molecule has 0 saturated carbocycles. The van der Waals surface area contributed by atoms with Gasteiger partial charge < -0.3 is 25.0 Å². The lowest BCUT2D eigenvalue weighted by Gasteiger charge is -2.37. The number of nitrogens with one attached hydrogen (secondary N) is 1. The van der Waals surface area contributed by atoms with Crippen LogP contribution >= 0.6 is 0 Å². The second-order valence-electron chi connectivity index (χ2n) is 10.4. The zero-order valence-corrected chi connectivity index (χ0v) is 21.3. The van der Waals surface area contributed by atoms with Crippen molar-refractivity contribution in [2.75, 3.05) is 13.1 Å². The number of nitrogens with zero attached hydrogens (tertiary/aromatic N) is 3. The van der Waals surface area contributed by atoms with E-state index >= 15 is 0 Å². The molecule has 2 aromatic heterocycles. The molecule has 1 fully saturated rings. The summed E-state index contributed by atoms with van der Waals surface area (Å²) in [6.07, 6.45) is -2.97. The third-order valence-corrected chi connectivity index (χ3v) is 7.98. The Balaban J connectivity index is 1.61. The maximum absolute atomic E-state index is 13.4. The Labute approximate surface area is 217 Å². The van der Waals surface area contributed by atoms with Crippen LogP contribution in [-0.4, -0.2) is 66.8 Å². The fourth-order valence-electron chi connectivity index (χ4n) is 5.56. The highest BCUT2D eigenvalue weighted by Gasteiger charge is 2.57. The summed E-state index contributed by atoms with van der Waals surface area (Å²) in [5.41, 5.74) is 3.14. The fourth-order valence-corrected chi connectivity index (χ4v) is 5.56. The Bertz CT molecular complexity index is 1450. The van der Waals surface area contributed by atoms with Crippen LogP contribution in [-0.2, 0) is 17.8 Å². The number of rotatable bonds is 3. The van der Waals surface area contributed by atoms with Gasteiger partial charge in [-0.2, -0.15) is 13.2 Å². The lowest BCUT2D eigenvalue weighted by Crippen LogP contribution is -2.56. The topological polar surface area (TPSA) is 110 Å². The van der Waals surface area contributed by atoms with Gasteiger partial charge in [-0.15, -0.1) is 0 Å². The van der Waals surface area contributed by atoms with Gasteiger partial charge in [0.05, 0.1) is 6.04 Å². The van der Waals surface area contributed by atoms with Crippen LogP contribution in [0.15, 0.2) is 24.4 Å². The zero-order chi connectivity index (χ0) is 27.6. The van der Waals surface area contributed by atoms with Crippen LogP contribution in [0.3, 0.4) is 0 Å². The van der Waals surface area contributed by atoms with Crippen LogP contribution in [0.1, 0.15) is 53.8 Å². The normalized spacial score (nSPS) is 19.5. The molecule has 0 bridgehead atoms. The van der Waals surface area contributed by atoms with E-state index in [1.165, 1.54) is 4.90 Å². The number of carboxylic acid groups (broad SMARTS) is 1. The predicted octanol–water partition coefficient (Wildman–Crippen LogP) is 4.86. The summed E-state index contributed by atoms with van der Waals surface area (Å²) in [6.45, 7) is 4.64. The van der Waals surface area contributed by atoms with Gasteiger partial charge in [0.25, 0.3) is 5.91 Å². The van der Waals surface area contributed by atoms with Crippen molar-refractivity contribution in [2.45, 2.75) is 64.4 Å². The third-order valence-electron chi connectivity index (χ3n) is 7.98. The number of aromatic nitrogens is 2. The van der Waals surface area contributed by atoms with Gasteiger partial charge in [0.1, 0.15) is 5.65 Å². The second kappa shape index (κ2) is 9.00. The number of halogens is 3. The number of hydrogen-bond acceptors (Lipinski definition) is 4. The largest absolute Gasteiger partial charge is 0.465 e. The average Bonchev–Trinajstić information content (AvgIpc) is 3.46. The van der Waals surface area contributed by atoms with Crippen LogP contribution < -0.4 is 0 Å². The molecule has 202 valence electrons. The van der Waals surface area contributed by atoms with E-state index in [9.17, 15) is 33.0 Å². The van der Waals surface area contributed by atoms with Crippen molar-refractivity contribution in [3.05, 3.63) is 52.3 Å². The summed E-state index contributed by atoms with van der Waals surface area (Å²) in [5.74, 6) is -1.42. The molecular weight excluding hydrogens is 501 g/mol. The molecule has 0 spiro atoms. The van der Waals surface area contributed by atoms with E-state index in [4.69, 9.17) is 0 Å². The molecule has 2 atom stereocenters. The van der Waals surface area contributed by atoms with Crippen molar-refractivity contribution in [3.8, 4) is 11.1 Å².